The summed E-state index contributed by atoms with van der Waals surface area (Å²) in [6.07, 6.45) is 0. The third kappa shape index (κ3) is 2.76. The Kier molecular flexibility index (Phi) is 4.31. The van der Waals surface area contributed by atoms with Gasteiger partial charge in [-0.3, -0.25) is 4.90 Å². The zero-order chi connectivity index (χ0) is 12.3. The second-order valence-electron chi connectivity index (χ2n) is 4.09. The van der Waals surface area contributed by atoms with Gasteiger partial charge in [0.2, 0.25) is 0 Å². The van der Waals surface area contributed by atoms with E-state index in [1.165, 1.54) is 12.1 Å². The highest BCUT2D eigenvalue weighted by Gasteiger charge is 2.26. The molecule has 1 fully saturated rings. The molecule has 1 aromatic carbocycles. The maximum Gasteiger partial charge on any atom is 0.129 e. The number of hydrogen-bond acceptors (Lipinski definition) is 2. The molecule has 1 aromatic rings. The molecular formula is C12H15ClF2N2. The summed E-state index contributed by atoms with van der Waals surface area (Å²) in [4.78, 5) is 1.93. The number of nitrogens with one attached hydrogen (secondary N) is 1. The fourth-order valence-corrected chi connectivity index (χ4v) is 2.47. The molecule has 1 aliphatic rings. The van der Waals surface area contributed by atoms with Gasteiger partial charge in [-0.25, -0.2) is 8.78 Å². The summed E-state index contributed by atoms with van der Waals surface area (Å²) in [5, 5.41) is 3.48. The Morgan fingerprint density at radius 1 is 1.35 bits per heavy atom. The largest absolute Gasteiger partial charge is 0.314 e. The van der Waals surface area contributed by atoms with Gasteiger partial charge in [0.25, 0.3) is 0 Å². The maximum absolute atomic E-state index is 13.7. The highest BCUT2D eigenvalue weighted by Crippen LogP contribution is 2.30. The van der Waals surface area contributed by atoms with Gasteiger partial charge >= 0.3 is 0 Å². The molecule has 1 saturated heterocycles. The molecule has 17 heavy (non-hydrogen) atoms. The highest BCUT2D eigenvalue weighted by atomic mass is 35.5. The Hall–Kier alpha value is -0.710. The van der Waals surface area contributed by atoms with Crippen molar-refractivity contribution in [1.29, 1.82) is 0 Å². The summed E-state index contributed by atoms with van der Waals surface area (Å²) < 4.78 is 26.9. The van der Waals surface area contributed by atoms with Gasteiger partial charge in [0.15, 0.2) is 0 Å². The van der Waals surface area contributed by atoms with Crippen LogP contribution < -0.4 is 5.32 Å². The standard InChI is InChI=1S/C12H15ClF2N2/c13-9-2-1-3-10(15)12(9)11(8-14)17-6-4-16-5-7-17/h1-3,11,16H,4-8H2/t11-/m1/s1. The van der Waals surface area contributed by atoms with E-state index in [2.05, 4.69) is 5.32 Å². The predicted octanol–water partition coefficient (Wildman–Crippen LogP) is 2.39. The van der Waals surface area contributed by atoms with Gasteiger partial charge in [-0.05, 0) is 12.1 Å². The lowest BCUT2D eigenvalue weighted by Crippen LogP contribution is -2.46. The van der Waals surface area contributed by atoms with Gasteiger partial charge in [0.05, 0.1) is 6.04 Å². The maximum atomic E-state index is 13.7. The van der Waals surface area contributed by atoms with E-state index in [-0.39, 0.29) is 5.56 Å². The van der Waals surface area contributed by atoms with Gasteiger partial charge in [-0.1, -0.05) is 17.7 Å². The summed E-state index contributed by atoms with van der Waals surface area (Å²) in [5.74, 6) is -0.432. The number of halogens is 3. The summed E-state index contributed by atoms with van der Waals surface area (Å²) >= 11 is 5.97. The van der Waals surface area contributed by atoms with Crippen molar-refractivity contribution in [2.75, 3.05) is 32.9 Å². The number of rotatable bonds is 3. The first-order valence-electron chi connectivity index (χ1n) is 5.68. The molecule has 0 unspecified atom stereocenters. The van der Waals surface area contributed by atoms with Crippen LogP contribution in [0.1, 0.15) is 11.6 Å². The Morgan fingerprint density at radius 3 is 2.65 bits per heavy atom. The molecule has 1 atom stereocenters. The van der Waals surface area contributed by atoms with E-state index in [0.717, 1.165) is 13.1 Å². The Morgan fingerprint density at radius 2 is 2.06 bits per heavy atom. The molecule has 0 radical (unpaired) electrons. The second-order valence-corrected chi connectivity index (χ2v) is 4.50. The SMILES string of the molecule is FC[C@H](c1c(F)cccc1Cl)N1CCNCC1. The first kappa shape index (κ1) is 12.7. The summed E-state index contributed by atoms with van der Waals surface area (Å²) in [6.45, 7) is 2.38. The average Bonchev–Trinajstić information content (AvgIpc) is 2.35. The third-order valence-corrected chi connectivity index (χ3v) is 3.40. The molecule has 1 aliphatic heterocycles. The number of nitrogens with zero attached hydrogens (tertiary/aromatic N) is 1. The zero-order valence-electron chi connectivity index (χ0n) is 9.43. The molecular weight excluding hydrogens is 246 g/mol. The normalized spacial score (nSPS) is 19.2. The van der Waals surface area contributed by atoms with Crippen LogP contribution in [0.3, 0.4) is 0 Å². The highest BCUT2D eigenvalue weighted by molar-refractivity contribution is 6.31. The van der Waals surface area contributed by atoms with E-state index < -0.39 is 18.5 Å². The summed E-state index contributed by atoms with van der Waals surface area (Å²) in [6, 6.07) is 3.89. The molecule has 94 valence electrons. The Labute approximate surface area is 105 Å². The van der Waals surface area contributed by atoms with Crippen LogP contribution in [0.2, 0.25) is 5.02 Å². The smallest absolute Gasteiger partial charge is 0.129 e. The van der Waals surface area contributed by atoms with Crippen LogP contribution in [0.15, 0.2) is 18.2 Å². The first-order valence-corrected chi connectivity index (χ1v) is 6.06. The van der Waals surface area contributed by atoms with Gasteiger partial charge in [0, 0.05) is 36.8 Å². The molecule has 0 aromatic heterocycles. The van der Waals surface area contributed by atoms with E-state index in [9.17, 15) is 8.78 Å². The van der Waals surface area contributed by atoms with Crippen molar-refractivity contribution in [1.82, 2.24) is 10.2 Å². The van der Waals surface area contributed by atoms with E-state index in [0.29, 0.717) is 18.1 Å². The third-order valence-electron chi connectivity index (χ3n) is 3.07. The van der Waals surface area contributed by atoms with Crippen molar-refractivity contribution in [3.05, 3.63) is 34.6 Å². The van der Waals surface area contributed by atoms with Crippen molar-refractivity contribution < 1.29 is 8.78 Å². The van der Waals surface area contributed by atoms with Crippen molar-refractivity contribution >= 4 is 11.6 Å². The van der Waals surface area contributed by atoms with Crippen molar-refractivity contribution in [2.24, 2.45) is 0 Å². The van der Waals surface area contributed by atoms with Crippen molar-refractivity contribution in [2.45, 2.75) is 6.04 Å². The minimum Gasteiger partial charge on any atom is -0.314 e. The molecule has 0 amide bonds. The van der Waals surface area contributed by atoms with Crippen molar-refractivity contribution in [3.8, 4) is 0 Å². The second kappa shape index (κ2) is 5.76. The number of hydrogen-bond donors (Lipinski definition) is 1. The van der Waals surface area contributed by atoms with E-state index in [4.69, 9.17) is 11.6 Å². The van der Waals surface area contributed by atoms with Crippen LogP contribution in [0.25, 0.3) is 0 Å². The molecule has 2 nitrogen and oxygen atoms in total. The summed E-state index contributed by atoms with van der Waals surface area (Å²) in [7, 11) is 0. The van der Waals surface area contributed by atoms with Gasteiger partial charge in [0.1, 0.15) is 12.5 Å². The fourth-order valence-electron chi connectivity index (χ4n) is 2.18. The minimum absolute atomic E-state index is 0.276. The molecule has 1 N–H and O–H groups in total. The van der Waals surface area contributed by atoms with Crippen LogP contribution in [-0.4, -0.2) is 37.8 Å². The van der Waals surface area contributed by atoms with Crippen LogP contribution >= 0.6 is 11.6 Å². The molecule has 5 heteroatoms. The Balaban J connectivity index is 2.27. The molecule has 0 spiro atoms. The number of benzene rings is 1. The molecule has 2 rings (SSSR count). The van der Waals surface area contributed by atoms with Crippen molar-refractivity contribution in [3.63, 3.8) is 0 Å². The van der Waals surface area contributed by atoms with Crippen LogP contribution in [0, 0.1) is 5.82 Å². The molecule has 0 saturated carbocycles. The van der Waals surface area contributed by atoms with Gasteiger partial charge in [-0.2, -0.15) is 0 Å². The Bertz CT molecular complexity index is 361. The van der Waals surface area contributed by atoms with E-state index >= 15 is 0 Å². The number of alkyl halides is 1. The molecule has 0 bridgehead atoms. The molecule has 0 aliphatic carbocycles. The quantitative estimate of drug-likeness (QED) is 0.898. The topological polar surface area (TPSA) is 15.3 Å². The predicted molar refractivity (Wildman–Crippen MR) is 64.6 cm³/mol. The van der Waals surface area contributed by atoms with E-state index in [1.807, 2.05) is 4.90 Å². The lowest BCUT2D eigenvalue weighted by Gasteiger charge is -2.34. The van der Waals surface area contributed by atoms with Crippen LogP contribution in [0.5, 0.6) is 0 Å². The molecule has 1 heterocycles. The fraction of sp³-hybridized carbons (Fsp3) is 0.500. The number of piperazine rings is 1. The zero-order valence-corrected chi connectivity index (χ0v) is 10.2. The van der Waals surface area contributed by atoms with Crippen LogP contribution in [-0.2, 0) is 0 Å². The lowest BCUT2D eigenvalue weighted by molar-refractivity contribution is 0.144. The lowest BCUT2D eigenvalue weighted by atomic mass is 10.0. The monoisotopic (exact) mass is 260 g/mol. The first-order chi connectivity index (χ1) is 8.24. The minimum atomic E-state index is -0.624. The summed E-state index contributed by atoms with van der Waals surface area (Å²) in [5.41, 5.74) is 0.276. The average molecular weight is 261 g/mol. The van der Waals surface area contributed by atoms with Gasteiger partial charge < -0.3 is 5.32 Å². The van der Waals surface area contributed by atoms with Crippen LogP contribution in [0.4, 0.5) is 8.78 Å². The van der Waals surface area contributed by atoms with E-state index in [1.54, 1.807) is 6.07 Å². The van der Waals surface area contributed by atoms with Gasteiger partial charge in [-0.15, -0.1) is 0 Å².